The molecule has 5 nitrogen and oxygen atoms in total. The summed E-state index contributed by atoms with van der Waals surface area (Å²) < 4.78 is 30.9. The van der Waals surface area contributed by atoms with Gasteiger partial charge in [-0.3, -0.25) is 4.90 Å². The van der Waals surface area contributed by atoms with E-state index in [2.05, 4.69) is 4.90 Å². The molecule has 1 aliphatic rings. The van der Waals surface area contributed by atoms with E-state index >= 15 is 0 Å². The quantitative estimate of drug-likeness (QED) is 0.749. The molecule has 0 amide bonds. The zero-order chi connectivity index (χ0) is 16.9. The fraction of sp³-hybridized carbons (Fsp3) is 0.625. The molecule has 0 N–H and O–H groups in total. The van der Waals surface area contributed by atoms with Gasteiger partial charge in [-0.05, 0) is 50.2 Å². The van der Waals surface area contributed by atoms with Crippen LogP contribution in [0.5, 0.6) is 5.75 Å². The van der Waals surface area contributed by atoms with Crippen molar-refractivity contribution in [2.24, 2.45) is 0 Å². The number of nitrogens with zero attached hydrogens (tertiary/aromatic N) is 2. The number of sulfonamides is 1. The maximum Gasteiger partial charge on any atom is 0.211 e. The van der Waals surface area contributed by atoms with Crippen molar-refractivity contribution >= 4 is 21.6 Å². The van der Waals surface area contributed by atoms with Gasteiger partial charge in [0.15, 0.2) is 0 Å². The van der Waals surface area contributed by atoms with E-state index in [1.54, 1.807) is 4.31 Å². The van der Waals surface area contributed by atoms with Crippen LogP contribution in [0.1, 0.15) is 19.8 Å². The first-order chi connectivity index (χ1) is 10.9. The van der Waals surface area contributed by atoms with E-state index in [4.69, 9.17) is 16.3 Å². The first-order valence-corrected chi connectivity index (χ1v) is 10.2. The van der Waals surface area contributed by atoms with Gasteiger partial charge in [0.25, 0.3) is 0 Å². The highest BCUT2D eigenvalue weighted by Crippen LogP contribution is 2.19. The predicted octanol–water partition coefficient (Wildman–Crippen LogP) is 2.46. The van der Waals surface area contributed by atoms with Crippen LogP contribution in [0, 0.1) is 0 Å². The summed E-state index contributed by atoms with van der Waals surface area (Å²) in [4.78, 5) is 2.32. The topological polar surface area (TPSA) is 49.9 Å². The lowest BCUT2D eigenvalue weighted by molar-refractivity contribution is 0.141. The Kier molecular flexibility index (Phi) is 6.71. The molecule has 0 aromatic heterocycles. The second-order valence-corrected chi connectivity index (χ2v) is 8.21. The molecule has 0 bridgehead atoms. The molecule has 1 aromatic carbocycles. The molecular weight excluding hydrogens is 336 g/mol. The first-order valence-electron chi connectivity index (χ1n) is 7.97. The highest BCUT2D eigenvalue weighted by Gasteiger charge is 2.28. The summed E-state index contributed by atoms with van der Waals surface area (Å²) in [5, 5.41) is 0.700. The van der Waals surface area contributed by atoms with Crippen LogP contribution >= 0.6 is 11.6 Å². The van der Waals surface area contributed by atoms with Gasteiger partial charge in [0.05, 0.1) is 6.26 Å². The molecule has 0 atom stereocenters. The minimum Gasteiger partial charge on any atom is -0.492 e. The molecule has 23 heavy (non-hydrogen) atoms. The normalized spacial score (nSPS) is 17.6. The molecule has 1 saturated heterocycles. The summed E-state index contributed by atoms with van der Waals surface area (Å²) in [6.45, 7) is 5.72. The van der Waals surface area contributed by atoms with Gasteiger partial charge in [0.2, 0.25) is 10.0 Å². The van der Waals surface area contributed by atoms with Crippen molar-refractivity contribution in [3.8, 4) is 5.75 Å². The second-order valence-electron chi connectivity index (χ2n) is 5.84. The molecular formula is C16H25ClN2O3S. The van der Waals surface area contributed by atoms with Crippen molar-refractivity contribution in [1.29, 1.82) is 0 Å². The highest BCUT2D eigenvalue weighted by molar-refractivity contribution is 7.88. The standard InChI is InChI=1S/C16H25ClN2O3S/c1-3-19(23(2,20)21)15-8-10-18(11-9-15)12-13-22-16-6-4-14(17)5-7-16/h4-7,15H,3,8-13H2,1-2H3. The average Bonchev–Trinajstić information content (AvgIpc) is 2.50. The number of likely N-dealkylation sites (tertiary alicyclic amines) is 1. The smallest absolute Gasteiger partial charge is 0.211 e. The summed E-state index contributed by atoms with van der Waals surface area (Å²) in [6.07, 6.45) is 3.05. The maximum atomic E-state index is 11.8. The van der Waals surface area contributed by atoms with Crippen molar-refractivity contribution in [2.75, 3.05) is 39.0 Å². The van der Waals surface area contributed by atoms with Crippen LogP contribution in [0.4, 0.5) is 0 Å². The molecule has 0 spiro atoms. The predicted molar refractivity (Wildman–Crippen MR) is 93.6 cm³/mol. The molecule has 7 heteroatoms. The SMILES string of the molecule is CCN(C1CCN(CCOc2ccc(Cl)cc2)CC1)S(C)(=O)=O. The van der Waals surface area contributed by atoms with Gasteiger partial charge in [0, 0.05) is 24.2 Å². The van der Waals surface area contributed by atoms with Crippen molar-refractivity contribution < 1.29 is 13.2 Å². The van der Waals surface area contributed by atoms with Gasteiger partial charge >= 0.3 is 0 Å². The Morgan fingerprint density at radius 3 is 2.39 bits per heavy atom. The summed E-state index contributed by atoms with van der Waals surface area (Å²) in [5.41, 5.74) is 0. The number of piperidine rings is 1. The van der Waals surface area contributed by atoms with E-state index in [0.717, 1.165) is 38.2 Å². The molecule has 0 unspecified atom stereocenters. The summed E-state index contributed by atoms with van der Waals surface area (Å²) in [6, 6.07) is 7.47. The third-order valence-electron chi connectivity index (χ3n) is 4.19. The van der Waals surface area contributed by atoms with E-state index in [1.165, 1.54) is 6.26 Å². The lowest BCUT2D eigenvalue weighted by Gasteiger charge is -2.36. The number of hydrogen-bond acceptors (Lipinski definition) is 4. The molecule has 130 valence electrons. The number of ether oxygens (including phenoxy) is 1. The Hall–Kier alpha value is -0.820. The van der Waals surface area contributed by atoms with Gasteiger partial charge in [-0.15, -0.1) is 0 Å². The number of halogens is 1. The van der Waals surface area contributed by atoms with Gasteiger partial charge in [-0.2, -0.15) is 4.31 Å². The first kappa shape index (κ1) is 18.5. The molecule has 1 aromatic rings. The zero-order valence-electron chi connectivity index (χ0n) is 13.7. The lowest BCUT2D eigenvalue weighted by atomic mass is 10.1. The fourth-order valence-corrected chi connectivity index (χ4v) is 4.37. The molecule has 0 radical (unpaired) electrons. The molecule has 2 rings (SSSR count). The fourth-order valence-electron chi connectivity index (χ4n) is 3.02. The third-order valence-corrected chi connectivity index (χ3v) is 5.85. The van der Waals surface area contributed by atoms with Crippen molar-refractivity contribution in [3.05, 3.63) is 29.3 Å². The zero-order valence-corrected chi connectivity index (χ0v) is 15.3. The number of rotatable bonds is 7. The van der Waals surface area contributed by atoms with Crippen LogP contribution in [0.3, 0.4) is 0 Å². The molecule has 1 aliphatic heterocycles. The number of benzene rings is 1. The monoisotopic (exact) mass is 360 g/mol. The summed E-state index contributed by atoms with van der Waals surface area (Å²) >= 11 is 5.84. The summed E-state index contributed by atoms with van der Waals surface area (Å²) in [5.74, 6) is 0.818. The summed E-state index contributed by atoms with van der Waals surface area (Å²) in [7, 11) is -3.11. The van der Waals surface area contributed by atoms with Gasteiger partial charge in [-0.25, -0.2) is 8.42 Å². The van der Waals surface area contributed by atoms with Gasteiger partial charge < -0.3 is 4.74 Å². The van der Waals surface area contributed by atoms with Crippen molar-refractivity contribution in [3.63, 3.8) is 0 Å². The van der Waals surface area contributed by atoms with Crippen LogP contribution in [-0.4, -0.2) is 62.7 Å². The van der Waals surface area contributed by atoms with Gasteiger partial charge in [0.1, 0.15) is 12.4 Å². The van der Waals surface area contributed by atoms with Crippen LogP contribution in [0.25, 0.3) is 0 Å². The molecule has 1 heterocycles. The molecule has 0 aliphatic carbocycles. The minimum atomic E-state index is -3.11. The van der Waals surface area contributed by atoms with Crippen LogP contribution in [0.2, 0.25) is 5.02 Å². The van der Waals surface area contributed by atoms with Crippen LogP contribution in [-0.2, 0) is 10.0 Å². The maximum absolute atomic E-state index is 11.8. The Morgan fingerprint density at radius 1 is 1.26 bits per heavy atom. The minimum absolute atomic E-state index is 0.128. The van der Waals surface area contributed by atoms with Gasteiger partial charge in [-0.1, -0.05) is 18.5 Å². The molecule has 1 fully saturated rings. The van der Waals surface area contributed by atoms with E-state index in [0.29, 0.717) is 18.2 Å². The lowest BCUT2D eigenvalue weighted by Crippen LogP contribution is -2.47. The van der Waals surface area contributed by atoms with E-state index in [-0.39, 0.29) is 6.04 Å². The van der Waals surface area contributed by atoms with E-state index < -0.39 is 10.0 Å². The van der Waals surface area contributed by atoms with Crippen molar-refractivity contribution in [1.82, 2.24) is 9.21 Å². The van der Waals surface area contributed by atoms with Crippen LogP contribution < -0.4 is 4.74 Å². The second kappa shape index (κ2) is 8.33. The van der Waals surface area contributed by atoms with Crippen LogP contribution in [0.15, 0.2) is 24.3 Å². The highest BCUT2D eigenvalue weighted by atomic mass is 35.5. The Morgan fingerprint density at radius 2 is 1.87 bits per heavy atom. The third kappa shape index (κ3) is 5.64. The van der Waals surface area contributed by atoms with E-state index in [1.807, 2.05) is 31.2 Å². The Balaban J connectivity index is 1.73. The number of hydrogen-bond donors (Lipinski definition) is 0. The molecule has 0 saturated carbocycles. The Bertz CT molecular complexity index is 584. The van der Waals surface area contributed by atoms with Crippen molar-refractivity contribution in [2.45, 2.75) is 25.8 Å². The van der Waals surface area contributed by atoms with E-state index in [9.17, 15) is 8.42 Å². The average molecular weight is 361 g/mol. The largest absolute Gasteiger partial charge is 0.492 e. The Labute approximate surface area is 144 Å².